The fourth-order valence-corrected chi connectivity index (χ4v) is 2.76. The van der Waals surface area contributed by atoms with Crippen LogP contribution >= 0.6 is 0 Å². The van der Waals surface area contributed by atoms with Gasteiger partial charge in [0.2, 0.25) is 10.0 Å². The van der Waals surface area contributed by atoms with Crippen LogP contribution in [0, 0.1) is 0 Å². The highest BCUT2D eigenvalue weighted by Crippen LogP contribution is 2.09. The Kier molecular flexibility index (Phi) is 4.16. The van der Waals surface area contributed by atoms with Crippen LogP contribution in [0.15, 0.2) is 47.6 Å². The molecule has 1 aromatic heterocycles. The van der Waals surface area contributed by atoms with Gasteiger partial charge in [-0.3, -0.25) is 9.89 Å². The molecule has 0 saturated carbocycles. The van der Waals surface area contributed by atoms with E-state index >= 15 is 0 Å². The number of aliphatic carboxylic acids is 1. The highest BCUT2D eigenvalue weighted by Gasteiger charge is 2.26. The Morgan fingerprint density at radius 3 is 2.60 bits per heavy atom. The molecule has 0 bridgehead atoms. The Hall–Kier alpha value is -2.19. The van der Waals surface area contributed by atoms with E-state index in [-0.39, 0.29) is 11.3 Å². The Morgan fingerprint density at radius 1 is 1.35 bits per heavy atom. The molecule has 106 valence electrons. The first-order valence-corrected chi connectivity index (χ1v) is 7.25. The lowest BCUT2D eigenvalue weighted by atomic mass is 10.1. The van der Waals surface area contributed by atoms with Crippen molar-refractivity contribution in [3.8, 4) is 0 Å². The quantitative estimate of drug-likeness (QED) is 0.713. The number of rotatable bonds is 6. The van der Waals surface area contributed by atoms with Crippen molar-refractivity contribution in [1.82, 2.24) is 14.9 Å². The second-order valence-electron chi connectivity index (χ2n) is 4.14. The van der Waals surface area contributed by atoms with Gasteiger partial charge in [-0.2, -0.15) is 9.82 Å². The number of hydrogen-bond acceptors (Lipinski definition) is 4. The van der Waals surface area contributed by atoms with Crippen LogP contribution in [-0.4, -0.2) is 35.7 Å². The summed E-state index contributed by atoms with van der Waals surface area (Å²) in [6.45, 7) is 0. The van der Waals surface area contributed by atoms with E-state index in [1.165, 1.54) is 6.20 Å². The van der Waals surface area contributed by atoms with E-state index in [4.69, 9.17) is 5.11 Å². The number of hydrogen-bond donors (Lipinski definition) is 3. The van der Waals surface area contributed by atoms with E-state index in [0.717, 1.165) is 11.8 Å². The topological polar surface area (TPSA) is 112 Å². The Labute approximate surface area is 115 Å². The molecule has 0 aliphatic carbocycles. The van der Waals surface area contributed by atoms with E-state index in [2.05, 4.69) is 14.9 Å². The monoisotopic (exact) mass is 295 g/mol. The van der Waals surface area contributed by atoms with Crippen molar-refractivity contribution in [3.63, 3.8) is 0 Å². The predicted octanol–water partition coefficient (Wildman–Crippen LogP) is 0.384. The molecule has 7 nitrogen and oxygen atoms in total. The number of carbonyl (C=O) groups is 1. The van der Waals surface area contributed by atoms with Crippen molar-refractivity contribution < 1.29 is 18.3 Å². The molecule has 0 saturated heterocycles. The highest BCUT2D eigenvalue weighted by atomic mass is 32.2. The van der Waals surface area contributed by atoms with Gasteiger partial charge in [0.05, 0.1) is 6.20 Å². The third-order valence-corrected chi connectivity index (χ3v) is 4.10. The molecule has 0 radical (unpaired) electrons. The molecule has 0 unspecified atom stereocenters. The number of aromatic amines is 1. The van der Waals surface area contributed by atoms with Gasteiger partial charge in [0, 0.05) is 6.20 Å². The van der Waals surface area contributed by atoms with Crippen LogP contribution in [0.2, 0.25) is 0 Å². The molecular weight excluding hydrogens is 282 g/mol. The summed E-state index contributed by atoms with van der Waals surface area (Å²) in [6, 6.07) is 7.56. The fraction of sp³-hybridized carbons (Fsp3) is 0.167. The number of sulfonamides is 1. The number of nitrogens with zero attached hydrogens (tertiary/aromatic N) is 1. The summed E-state index contributed by atoms with van der Waals surface area (Å²) < 4.78 is 26.1. The predicted molar refractivity (Wildman–Crippen MR) is 70.5 cm³/mol. The first kappa shape index (κ1) is 14.2. The third-order valence-electron chi connectivity index (χ3n) is 2.66. The molecule has 0 spiro atoms. The molecule has 8 heteroatoms. The summed E-state index contributed by atoms with van der Waals surface area (Å²) in [4.78, 5) is 11.1. The van der Waals surface area contributed by atoms with E-state index < -0.39 is 22.0 Å². The average molecular weight is 295 g/mol. The van der Waals surface area contributed by atoms with Crippen LogP contribution < -0.4 is 4.72 Å². The van der Waals surface area contributed by atoms with Gasteiger partial charge in [-0.25, -0.2) is 8.42 Å². The maximum atomic E-state index is 12.0. The van der Waals surface area contributed by atoms with Gasteiger partial charge in [0.25, 0.3) is 0 Å². The first-order chi connectivity index (χ1) is 9.49. The summed E-state index contributed by atoms with van der Waals surface area (Å²) in [6.07, 6.45) is 2.36. The zero-order valence-electron chi connectivity index (χ0n) is 10.4. The summed E-state index contributed by atoms with van der Waals surface area (Å²) >= 11 is 0. The van der Waals surface area contributed by atoms with Crippen LogP contribution in [0.25, 0.3) is 0 Å². The normalized spacial score (nSPS) is 13.0. The van der Waals surface area contributed by atoms with E-state index in [0.29, 0.717) is 0 Å². The van der Waals surface area contributed by atoms with E-state index in [1.807, 2.05) is 0 Å². The number of nitrogens with one attached hydrogen (secondary N) is 2. The van der Waals surface area contributed by atoms with Gasteiger partial charge in [-0.05, 0) is 12.0 Å². The van der Waals surface area contributed by atoms with Gasteiger partial charge >= 0.3 is 5.97 Å². The van der Waals surface area contributed by atoms with Crippen LogP contribution in [-0.2, 0) is 21.2 Å². The van der Waals surface area contributed by atoms with Crippen molar-refractivity contribution in [2.75, 3.05) is 0 Å². The Bertz CT molecular complexity index is 668. The fourth-order valence-electron chi connectivity index (χ4n) is 1.67. The summed E-state index contributed by atoms with van der Waals surface area (Å²) in [5, 5.41) is 15.0. The van der Waals surface area contributed by atoms with Crippen LogP contribution in [0.4, 0.5) is 0 Å². The van der Waals surface area contributed by atoms with Crippen LogP contribution in [0.1, 0.15) is 5.56 Å². The van der Waals surface area contributed by atoms with Gasteiger partial charge in [-0.1, -0.05) is 30.3 Å². The minimum Gasteiger partial charge on any atom is -0.480 e. The molecule has 0 aliphatic heterocycles. The third kappa shape index (κ3) is 3.43. The van der Waals surface area contributed by atoms with Crippen molar-refractivity contribution in [2.24, 2.45) is 0 Å². The average Bonchev–Trinajstić information content (AvgIpc) is 2.93. The van der Waals surface area contributed by atoms with Gasteiger partial charge in [0.1, 0.15) is 10.9 Å². The standard InChI is InChI=1S/C12H13N3O4S/c16-12(17)11(6-9-4-2-1-3-5-9)15-20(18,19)10-7-13-14-8-10/h1-5,7-8,11,15H,6H2,(H,13,14)(H,16,17)/t11-/m0/s1. The van der Waals surface area contributed by atoms with Crippen molar-refractivity contribution in [3.05, 3.63) is 48.3 Å². The molecule has 20 heavy (non-hydrogen) atoms. The number of aromatic nitrogens is 2. The number of benzene rings is 1. The molecule has 0 fully saturated rings. The highest BCUT2D eigenvalue weighted by molar-refractivity contribution is 7.89. The lowest BCUT2D eigenvalue weighted by Gasteiger charge is -2.14. The summed E-state index contributed by atoms with van der Waals surface area (Å²) in [5.74, 6) is -1.24. The van der Waals surface area contributed by atoms with E-state index in [9.17, 15) is 13.2 Å². The number of carboxylic acid groups (broad SMARTS) is 1. The van der Waals surface area contributed by atoms with Crippen molar-refractivity contribution in [1.29, 1.82) is 0 Å². The minimum atomic E-state index is -3.91. The number of carboxylic acids is 1. The first-order valence-electron chi connectivity index (χ1n) is 5.77. The maximum Gasteiger partial charge on any atom is 0.322 e. The molecular formula is C12H13N3O4S. The zero-order valence-corrected chi connectivity index (χ0v) is 11.2. The van der Waals surface area contributed by atoms with Crippen LogP contribution in [0.3, 0.4) is 0 Å². The molecule has 2 rings (SSSR count). The largest absolute Gasteiger partial charge is 0.480 e. The van der Waals surface area contributed by atoms with Crippen LogP contribution in [0.5, 0.6) is 0 Å². The van der Waals surface area contributed by atoms with Crippen molar-refractivity contribution in [2.45, 2.75) is 17.4 Å². The molecule has 1 heterocycles. The Morgan fingerprint density at radius 2 is 2.05 bits per heavy atom. The van der Waals surface area contributed by atoms with Gasteiger partial charge in [0.15, 0.2) is 0 Å². The second kappa shape index (κ2) is 5.85. The molecule has 1 aromatic carbocycles. The molecule has 1 atom stereocenters. The van der Waals surface area contributed by atoms with Gasteiger partial charge in [-0.15, -0.1) is 0 Å². The number of H-pyrrole nitrogens is 1. The lowest BCUT2D eigenvalue weighted by molar-refractivity contribution is -0.138. The minimum absolute atomic E-state index is 0.0628. The Balaban J connectivity index is 2.17. The van der Waals surface area contributed by atoms with Crippen molar-refractivity contribution >= 4 is 16.0 Å². The van der Waals surface area contributed by atoms with Gasteiger partial charge < -0.3 is 5.11 Å². The molecule has 3 N–H and O–H groups in total. The zero-order chi connectivity index (χ0) is 14.6. The lowest BCUT2D eigenvalue weighted by Crippen LogP contribution is -2.42. The second-order valence-corrected chi connectivity index (χ2v) is 5.85. The summed E-state index contributed by atoms with van der Waals surface area (Å²) in [7, 11) is -3.91. The molecule has 0 aliphatic rings. The van der Waals surface area contributed by atoms with E-state index in [1.54, 1.807) is 30.3 Å². The smallest absolute Gasteiger partial charge is 0.322 e. The SMILES string of the molecule is O=C(O)[C@H](Cc1ccccc1)NS(=O)(=O)c1cn[nH]c1. The molecule has 2 aromatic rings. The molecule has 0 amide bonds. The maximum absolute atomic E-state index is 12.0. The summed E-state index contributed by atoms with van der Waals surface area (Å²) in [5.41, 5.74) is 0.731.